The molecule has 0 bridgehead atoms. The largest absolute Gasteiger partial charge is 0.383 e. The van der Waals surface area contributed by atoms with Crippen molar-refractivity contribution in [3.63, 3.8) is 0 Å². The Morgan fingerprint density at radius 1 is 0.971 bits per heavy atom. The van der Waals surface area contributed by atoms with E-state index >= 15 is 0 Å². The first-order chi connectivity index (χ1) is 16.5. The van der Waals surface area contributed by atoms with Gasteiger partial charge in [-0.25, -0.2) is 9.67 Å². The predicted molar refractivity (Wildman–Crippen MR) is 137 cm³/mol. The molecule has 0 aliphatic carbocycles. The van der Waals surface area contributed by atoms with Crippen LogP contribution in [0, 0.1) is 0 Å². The van der Waals surface area contributed by atoms with Gasteiger partial charge in [-0.1, -0.05) is 47.5 Å². The van der Waals surface area contributed by atoms with Gasteiger partial charge in [-0.15, -0.1) is 5.10 Å². The SMILES string of the molecule is COCCN1CCN(c2nc(-c3ccc(Cl)cc3)c3c(N)n(-c4ccccc4Cl)nc3n2)CC1. The average Bonchev–Trinajstić information content (AvgIpc) is 3.19. The lowest BCUT2D eigenvalue weighted by atomic mass is 10.1. The molecule has 1 aliphatic rings. The highest BCUT2D eigenvalue weighted by atomic mass is 35.5. The van der Waals surface area contributed by atoms with Gasteiger partial charge in [0.15, 0.2) is 5.65 Å². The molecule has 0 amide bonds. The second-order valence-electron chi connectivity index (χ2n) is 8.15. The molecule has 0 spiro atoms. The highest BCUT2D eigenvalue weighted by molar-refractivity contribution is 6.32. The Hall–Kier alpha value is -2.91. The van der Waals surface area contributed by atoms with E-state index in [0.717, 1.165) is 44.9 Å². The van der Waals surface area contributed by atoms with Gasteiger partial charge in [0.25, 0.3) is 0 Å². The average molecular weight is 498 g/mol. The van der Waals surface area contributed by atoms with Crippen molar-refractivity contribution in [2.24, 2.45) is 0 Å². The number of aromatic nitrogens is 4. The normalized spacial score (nSPS) is 14.7. The van der Waals surface area contributed by atoms with Crippen LogP contribution in [-0.2, 0) is 4.74 Å². The first-order valence-corrected chi connectivity index (χ1v) is 11.8. The first-order valence-electron chi connectivity index (χ1n) is 11.1. The summed E-state index contributed by atoms with van der Waals surface area (Å²) in [4.78, 5) is 14.3. The second kappa shape index (κ2) is 9.76. The number of ether oxygens (including phenoxy) is 1. The number of methoxy groups -OCH3 is 1. The van der Waals surface area contributed by atoms with E-state index in [2.05, 4.69) is 9.80 Å². The summed E-state index contributed by atoms with van der Waals surface area (Å²) < 4.78 is 6.85. The molecular formula is C24H25Cl2N7O. The third-order valence-corrected chi connectivity index (χ3v) is 6.59. The van der Waals surface area contributed by atoms with Gasteiger partial charge in [-0.3, -0.25) is 4.90 Å². The molecular weight excluding hydrogens is 473 g/mol. The highest BCUT2D eigenvalue weighted by Gasteiger charge is 2.24. The summed E-state index contributed by atoms with van der Waals surface area (Å²) in [6, 6.07) is 15.0. The van der Waals surface area contributed by atoms with Gasteiger partial charge in [0.05, 0.1) is 28.4 Å². The molecule has 4 aromatic rings. The number of anilines is 2. The fourth-order valence-electron chi connectivity index (χ4n) is 4.16. The fraction of sp³-hybridized carbons (Fsp3) is 0.292. The number of nitrogens with zero attached hydrogens (tertiary/aromatic N) is 6. The smallest absolute Gasteiger partial charge is 0.228 e. The van der Waals surface area contributed by atoms with E-state index in [1.165, 1.54) is 0 Å². The van der Waals surface area contributed by atoms with E-state index in [9.17, 15) is 0 Å². The van der Waals surface area contributed by atoms with E-state index < -0.39 is 0 Å². The van der Waals surface area contributed by atoms with Crippen molar-refractivity contribution in [2.75, 3.05) is 57.1 Å². The number of nitrogen functional groups attached to an aromatic ring is 1. The lowest BCUT2D eigenvalue weighted by Gasteiger charge is -2.34. The number of fused-ring (bicyclic) bond motifs is 1. The molecule has 34 heavy (non-hydrogen) atoms. The molecule has 1 aliphatic heterocycles. The minimum Gasteiger partial charge on any atom is -0.383 e. The molecule has 10 heteroatoms. The van der Waals surface area contributed by atoms with E-state index in [0.29, 0.717) is 44.2 Å². The van der Waals surface area contributed by atoms with Crippen LogP contribution in [0.15, 0.2) is 48.5 Å². The van der Waals surface area contributed by atoms with Crippen LogP contribution in [0.2, 0.25) is 10.0 Å². The molecule has 0 atom stereocenters. The van der Waals surface area contributed by atoms with Gasteiger partial charge in [0.1, 0.15) is 5.82 Å². The van der Waals surface area contributed by atoms with Crippen LogP contribution in [0.1, 0.15) is 0 Å². The molecule has 0 saturated carbocycles. The lowest BCUT2D eigenvalue weighted by molar-refractivity contribution is 0.144. The minimum absolute atomic E-state index is 0.434. The zero-order chi connectivity index (χ0) is 23.7. The summed E-state index contributed by atoms with van der Waals surface area (Å²) in [6.07, 6.45) is 0. The number of piperazine rings is 1. The highest BCUT2D eigenvalue weighted by Crippen LogP contribution is 2.35. The van der Waals surface area contributed by atoms with Crippen LogP contribution >= 0.6 is 23.2 Å². The summed E-state index contributed by atoms with van der Waals surface area (Å²) in [5.41, 5.74) is 9.42. The van der Waals surface area contributed by atoms with Gasteiger partial charge < -0.3 is 15.4 Å². The number of halogens is 2. The van der Waals surface area contributed by atoms with Gasteiger partial charge in [-0.2, -0.15) is 4.98 Å². The van der Waals surface area contributed by atoms with Crippen molar-refractivity contribution in [3.8, 4) is 16.9 Å². The molecule has 5 rings (SSSR count). The number of nitrogens with two attached hydrogens (primary N) is 1. The lowest BCUT2D eigenvalue weighted by Crippen LogP contribution is -2.47. The zero-order valence-electron chi connectivity index (χ0n) is 18.8. The van der Waals surface area contributed by atoms with Crippen LogP contribution in [0.25, 0.3) is 28.0 Å². The minimum atomic E-state index is 0.434. The molecule has 1 saturated heterocycles. The third kappa shape index (κ3) is 4.42. The molecule has 0 unspecified atom stereocenters. The molecule has 2 aromatic carbocycles. The number of benzene rings is 2. The van der Waals surface area contributed by atoms with E-state index in [1.54, 1.807) is 11.8 Å². The maximum absolute atomic E-state index is 6.60. The molecule has 176 valence electrons. The van der Waals surface area contributed by atoms with Crippen molar-refractivity contribution >= 4 is 46.0 Å². The Bertz CT molecular complexity index is 1300. The van der Waals surface area contributed by atoms with Crippen molar-refractivity contribution in [1.29, 1.82) is 0 Å². The van der Waals surface area contributed by atoms with Crippen molar-refractivity contribution in [2.45, 2.75) is 0 Å². The van der Waals surface area contributed by atoms with Gasteiger partial charge in [0, 0.05) is 50.4 Å². The van der Waals surface area contributed by atoms with Crippen LogP contribution < -0.4 is 10.6 Å². The van der Waals surface area contributed by atoms with E-state index in [1.807, 2.05) is 48.5 Å². The van der Waals surface area contributed by atoms with Gasteiger partial charge >= 0.3 is 0 Å². The van der Waals surface area contributed by atoms with Crippen molar-refractivity contribution in [3.05, 3.63) is 58.6 Å². The summed E-state index contributed by atoms with van der Waals surface area (Å²) >= 11 is 12.6. The number of para-hydroxylation sites is 1. The second-order valence-corrected chi connectivity index (χ2v) is 8.99. The Labute approximate surface area is 207 Å². The predicted octanol–water partition coefficient (Wildman–Crippen LogP) is 4.14. The van der Waals surface area contributed by atoms with Gasteiger partial charge in [-0.05, 0) is 24.3 Å². The van der Waals surface area contributed by atoms with E-state index in [-0.39, 0.29) is 0 Å². The maximum atomic E-state index is 6.60. The van der Waals surface area contributed by atoms with Crippen molar-refractivity contribution in [1.82, 2.24) is 24.6 Å². The molecule has 2 N–H and O–H groups in total. The molecule has 1 fully saturated rings. The van der Waals surface area contributed by atoms with Crippen molar-refractivity contribution < 1.29 is 4.74 Å². The number of rotatable bonds is 6. The molecule has 3 heterocycles. The number of hydrogen-bond donors (Lipinski definition) is 1. The van der Waals surface area contributed by atoms with Crippen LogP contribution in [0.3, 0.4) is 0 Å². The maximum Gasteiger partial charge on any atom is 0.228 e. The Morgan fingerprint density at radius 2 is 1.71 bits per heavy atom. The van der Waals surface area contributed by atoms with E-state index in [4.69, 9.17) is 48.7 Å². The summed E-state index contributed by atoms with van der Waals surface area (Å²) in [5.74, 6) is 1.07. The summed E-state index contributed by atoms with van der Waals surface area (Å²) in [7, 11) is 1.73. The summed E-state index contributed by atoms with van der Waals surface area (Å²) in [6.45, 7) is 5.10. The molecule has 8 nitrogen and oxygen atoms in total. The topological polar surface area (TPSA) is 85.3 Å². The van der Waals surface area contributed by atoms with Crippen LogP contribution in [0.5, 0.6) is 0 Å². The first kappa shape index (κ1) is 22.9. The third-order valence-electron chi connectivity index (χ3n) is 6.02. The molecule has 2 aromatic heterocycles. The monoisotopic (exact) mass is 497 g/mol. The Balaban J connectivity index is 1.60. The zero-order valence-corrected chi connectivity index (χ0v) is 20.3. The van der Waals surface area contributed by atoms with Crippen LogP contribution in [0.4, 0.5) is 11.8 Å². The quantitative estimate of drug-likeness (QED) is 0.428. The fourth-order valence-corrected chi connectivity index (χ4v) is 4.50. The Morgan fingerprint density at radius 3 is 2.41 bits per heavy atom. The standard InChI is InChI=1S/C24H25Cl2N7O/c1-34-15-14-31-10-12-32(13-11-31)24-28-21(16-6-8-17(25)9-7-16)20-22(27)33(30-23(20)29-24)19-5-3-2-4-18(19)26/h2-9H,10-15,27H2,1H3. The van der Waals surface area contributed by atoms with Gasteiger partial charge in [0.2, 0.25) is 5.95 Å². The Kier molecular flexibility index (Phi) is 6.56. The summed E-state index contributed by atoms with van der Waals surface area (Å²) in [5, 5.41) is 6.62. The number of hydrogen-bond acceptors (Lipinski definition) is 7. The molecule has 0 radical (unpaired) electrons. The van der Waals surface area contributed by atoms with Crippen LogP contribution in [-0.4, -0.2) is 71.1 Å².